The average molecular weight is 181 g/mol. The summed E-state index contributed by atoms with van der Waals surface area (Å²) in [6.07, 6.45) is -1.07. The van der Waals surface area contributed by atoms with E-state index in [2.05, 4.69) is 5.32 Å². The first kappa shape index (κ1) is 9.38. The smallest absolute Gasteiger partial charge is 0.409 e. The second-order valence-corrected chi connectivity index (χ2v) is 2.61. The van der Waals surface area contributed by atoms with Gasteiger partial charge in [-0.25, -0.2) is 4.79 Å². The highest BCUT2D eigenvalue weighted by Gasteiger charge is 2.01. The molecule has 0 saturated carbocycles. The summed E-state index contributed by atoms with van der Waals surface area (Å²) in [6.45, 7) is 1.85. The molecule has 4 heteroatoms. The van der Waals surface area contributed by atoms with E-state index >= 15 is 0 Å². The lowest BCUT2D eigenvalue weighted by Gasteiger charge is -2.06. The number of anilines is 1. The molecule has 0 spiro atoms. The molecule has 0 aliphatic heterocycles. The van der Waals surface area contributed by atoms with Gasteiger partial charge in [0.1, 0.15) is 5.75 Å². The SMILES string of the molecule is COc1ccc(NC(=O)O)cc1C. The van der Waals surface area contributed by atoms with E-state index < -0.39 is 6.09 Å². The maximum Gasteiger partial charge on any atom is 0.409 e. The second-order valence-electron chi connectivity index (χ2n) is 2.61. The van der Waals surface area contributed by atoms with Gasteiger partial charge in [-0.05, 0) is 30.7 Å². The molecular weight excluding hydrogens is 170 g/mol. The van der Waals surface area contributed by atoms with Gasteiger partial charge >= 0.3 is 6.09 Å². The Bertz CT molecular complexity index is 323. The largest absolute Gasteiger partial charge is 0.496 e. The van der Waals surface area contributed by atoms with E-state index in [1.54, 1.807) is 25.3 Å². The first-order chi connectivity index (χ1) is 6.13. The van der Waals surface area contributed by atoms with E-state index in [-0.39, 0.29) is 0 Å². The fraction of sp³-hybridized carbons (Fsp3) is 0.222. The summed E-state index contributed by atoms with van der Waals surface area (Å²) in [5.41, 5.74) is 1.44. The number of hydrogen-bond acceptors (Lipinski definition) is 2. The quantitative estimate of drug-likeness (QED) is 0.734. The molecular formula is C9H11NO3. The Labute approximate surface area is 76.1 Å². The van der Waals surface area contributed by atoms with Gasteiger partial charge in [0.15, 0.2) is 0 Å². The van der Waals surface area contributed by atoms with Crippen molar-refractivity contribution in [2.45, 2.75) is 6.92 Å². The lowest BCUT2D eigenvalue weighted by Crippen LogP contribution is -2.07. The van der Waals surface area contributed by atoms with Crippen molar-refractivity contribution in [3.8, 4) is 5.75 Å². The van der Waals surface area contributed by atoms with Crippen LogP contribution in [-0.2, 0) is 0 Å². The topological polar surface area (TPSA) is 58.6 Å². The van der Waals surface area contributed by atoms with Crippen LogP contribution in [0.5, 0.6) is 5.75 Å². The van der Waals surface area contributed by atoms with Crippen LogP contribution in [0.1, 0.15) is 5.56 Å². The van der Waals surface area contributed by atoms with Crippen LogP contribution < -0.4 is 10.1 Å². The number of rotatable bonds is 2. The minimum Gasteiger partial charge on any atom is -0.496 e. The third-order valence-corrected chi connectivity index (χ3v) is 1.65. The van der Waals surface area contributed by atoms with Crippen LogP contribution in [0.15, 0.2) is 18.2 Å². The zero-order valence-corrected chi connectivity index (χ0v) is 7.50. The van der Waals surface area contributed by atoms with E-state index in [4.69, 9.17) is 9.84 Å². The summed E-state index contributed by atoms with van der Waals surface area (Å²) >= 11 is 0. The Hall–Kier alpha value is -1.71. The molecule has 1 rings (SSSR count). The predicted molar refractivity (Wildman–Crippen MR) is 49.4 cm³/mol. The Balaban J connectivity index is 2.89. The lowest BCUT2D eigenvalue weighted by molar-refractivity contribution is 0.209. The van der Waals surface area contributed by atoms with E-state index in [1.807, 2.05) is 6.92 Å². The summed E-state index contributed by atoms with van der Waals surface area (Å²) in [5, 5.41) is 10.7. The van der Waals surface area contributed by atoms with Gasteiger partial charge in [-0.2, -0.15) is 0 Å². The minimum atomic E-state index is -1.07. The predicted octanol–water partition coefficient (Wildman–Crippen LogP) is 2.09. The van der Waals surface area contributed by atoms with Crippen LogP contribution in [0.2, 0.25) is 0 Å². The third kappa shape index (κ3) is 2.37. The maximum absolute atomic E-state index is 10.3. The molecule has 13 heavy (non-hydrogen) atoms. The van der Waals surface area contributed by atoms with Crippen molar-refractivity contribution in [1.82, 2.24) is 0 Å². The molecule has 0 heterocycles. The number of amides is 1. The number of ether oxygens (including phenoxy) is 1. The van der Waals surface area contributed by atoms with Crippen molar-refractivity contribution in [2.24, 2.45) is 0 Å². The zero-order chi connectivity index (χ0) is 9.84. The summed E-state index contributed by atoms with van der Waals surface area (Å²) < 4.78 is 5.03. The van der Waals surface area contributed by atoms with Crippen molar-refractivity contribution >= 4 is 11.8 Å². The van der Waals surface area contributed by atoms with E-state index in [9.17, 15) is 4.79 Å². The Kier molecular flexibility index (Phi) is 2.74. The standard InChI is InChI=1S/C9H11NO3/c1-6-5-7(10-9(11)12)3-4-8(6)13-2/h3-5,10H,1-2H3,(H,11,12). The highest BCUT2D eigenvalue weighted by atomic mass is 16.5. The van der Waals surface area contributed by atoms with E-state index in [1.165, 1.54) is 0 Å². The highest BCUT2D eigenvalue weighted by molar-refractivity contribution is 5.83. The molecule has 0 saturated heterocycles. The van der Waals surface area contributed by atoms with Gasteiger partial charge in [-0.15, -0.1) is 0 Å². The molecule has 0 unspecified atom stereocenters. The molecule has 1 aromatic rings. The van der Waals surface area contributed by atoms with Crippen LogP contribution in [-0.4, -0.2) is 18.3 Å². The van der Waals surface area contributed by atoms with Gasteiger partial charge in [0.05, 0.1) is 7.11 Å². The maximum atomic E-state index is 10.3. The van der Waals surface area contributed by atoms with E-state index in [0.29, 0.717) is 5.69 Å². The summed E-state index contributed by atoms with van der Waals surface area (Å²) in [5.74, 6) is 0.746. The lowest BCUT2D eigenvalue weighted by atomic mass is 10.2. The van der Waals surface area contributed by atoms with Gasteiger partial charge in [-0.1, -0.05) is 0 Å². The van der Waals surface area contributed by atoms with E-state index in [0.717, 1.165) is 11.3 Å². The van der Waals surface area contributed by atoms with Gasteiger partial charge in [0, 0.05) is 5.69 Å². The van der Waals surface area contributed by atoms with Gasteiger partial charge in [-0.3, -0.25) is 5.32 Å². The Morgan fingerprint density at radius 2 is 2.23 bits per heavy atom. The molecule has 0 atom stereocenters. The van der Waals surface area contributed by atoms with Crippen LogP contribution in [0.3, 0.4) is 0 Å². The summed E-state index contributed by atoms with van der Waals surface area (Å²) in [4.78, 5) is 10.3. The highest BCUT2D eigenvalue weighted by Crippen LogP contribution is 2.21. The van der Waals surface area contributed by atoms with Crippen LogP contribution in [0.25, 0.3) is 0 Å². The normalized spacial score (nSPS) is 9.38. The molecule has 0 bridgehead atoms. The Morgan fingerprint density at radius 1 is 1.54 bits per heavy atom. The first-order valence-corrected chi connectivity index (χ1v) is 3.78. The number of benzene rings is 1. The van der Waals surface area contributed by atoms with Gasteiger partial charge in [0.25, 0.3) is 0 Å². The number of carbonyl (C=O) groups is 1. The summed E-state index contributed by atoms with van der Waals surface area (Å²) in [6, 6.07) is 5.09. The molecule has 1 aromatic carbocycles. The second kappa shape index (κ2) is 3.80. The summed E-state index contributed by atoms with van der Waals surface area (Å²) in [7, 11) is 1.58. The van der Waals surface area contributed by atoms with Crippen LogP contribution in [0.4, 0.5) is 10.5 Å². The third-order valence-electron chi connectivity index (χ3n) is 1.65. The molecule has 0 aliphatic carbocycles. The minimum absolute atomic E-state index is 0.547. The molecule has 4 nitrogen and oxygen atoms in total. The van der Waals surface area contributed by atoms with Crippen molar-refractivity contribution in [3.05, 3.63) is 23.8 Å². The van der Waals surface area contributed by atoms with Crippen molar-refractivity contribution < 1.29 is 14.6 Å². The fourth-order valence-corrected chi connectivity index (χ4v) is 1.08. The van der Waals surface area contributed by atoms with Crippen LogP contribution in [0, 0.1) is 6.92 Å². The molecule has 70 valence electrons. The van der Waals surface area contributed by atoms with Gasteiger partial charge < -0.3 is 9.84 Å². The zero-order valence-electron chi connectivity index (χ0n) is 7.50. The molecule has 0 radical (unpaired) electrons. The molecule has 1 amide bonds. The van der Waals surface area contributed by atoms with Crippen molar-refractivity contribution in [2.75, 3.05) is 12.4 Å². The molecule has 0 aromatic heterocycles. The molecule has 2 N–H and O–H groups in total. The van der Waals surface area contributed by atoms with Crippen molar-refractivity contribution in [3.63, 3.8) is 0 Å². The van der Waals surface area contributed by atoms with Gasteiger partial charge in [0.2, 0.25) is 0 Å². The average Bonchev–Trinajstić information content (AvgIpc) is 2.03. The molecule has 0 fully saturated rings. The number of hydrogen-bond donors (Lipinski definition) is 2. The molecule has 0 aliphatic rings. The first-order valence-electron chi connectivity index (χ1n) is 3.78. The van der Waals surface area contributed by atoms with Crippen LogP contribution >= 0.6 is 0 Å². The van der Waals surface area contributed by atoms with Crippen molar-refractivity contribution in [1.29, 1.82) is 0 Å². The monoisotopic (exact) mass is 181 g/mol. The number of nitrogens with one attached hydrogen (secondary N) is 1. The number of carboxylic acid groups (broad SMARTS) is 1. The Morgan fingerprint density at radius 3 is 2.69 bits per heavy atom. The number of methoxy groups -OCH3 is 1. The number of aryl methyl sites for hydroxylation is 1. The fourth-order valence-electron chi connectivity index (χ4n) is 1.08.